The molecule has 1 heterocycles. The minimum absolute atomic E-state index is 0.0734. The molecule has 2 aromatic rings. The molecule has 0 saturated carbocycles. The van der Waals surface area contributed by atoms with E-state index in [0.29, 0.717) is 0 Å². The van der Waals surface area contributed by atoms with Crippen molar-refractivity contribution in [1.82, 2.24) is 5.32 Å². The third-order valence-corrected chi connectivity index (χ3v) is 7.31. The Morgan fingerprint density at radius 1 is 1.21 bits per heavy atom. The first-order valence-corrected chi connectivity index (χ1v) is 11.0. The van der Waals surface area contributed by atoms with Crippen molar-refractivity contribution in [2.45, 2.75) is 36.1 Å². The number of hydrogen-bond donors (Lipinski definition) is 2. The number of nitro benzene ring substituents is 1. The minimum atomic E-state index is -3.93. The molecule has 1 fully saturated rings. The fraction of sp³-hybridized carbons (Fsp3) is 0.350. The Labute approximate surface area is 169 Å². The highest BCUT2D eigenvalue weighted by Crippen LogP contribution is 2.20. The molecule has 29 heavy (non-hydrogen) atoms. The molecule has 3 atom stereocenters. The van der Waals surface area contributed by atoms with Gasteiger partial charge in [-0.15, -0.1) is 0 Å². The van der Waals surface area contributed by atoms with Gasteiger partial charge in [0.05, 0.1) is 29.0 Å². The van der Waals surface area contributed by atoms with E-state index in [4.69, 9.17) is 0 Å². The second kappa shape index (κ2) is 8.71. The molecule has 0 radical (unpaired) electrons. The summed E-state index contributed by atoms with van der Waals surface area (Å²) in [6.07, 6.45) is 0.790. The first-order valence-electron chi connectivity index (χ1n) is 9.43. The molecule has 8 nitrogen and oxygen atoms in total. The summed E-state index contributed by atoms with van der Waals surface area (Å²) in [5.41, 5.74) is 1.03. The number of non-ortho nitro benzene ring substituents is 1. The molecule has 0 aromatic heterocycles. The molecule has 154 valence electrons. The number of quaternary nitrogens is 1. The van der Waals surface area contributed by atoms with Gasteiger partial charge in [-0.2, -0.15) is 0 Å². The van der Waals surface area contributed by atoms with E-state index in [-0.39, 0.29) is 16.6 Å². The Morgan fingerprint density at radius 2 is 1.86 bits per heavy atom. The summed E-state index contributed by atoms with van der Waals surface area (Å²) in [5.74, 6) is -0.547. The van der Waals surface area contributed by atoms with Crippen LogP contribution < -0.4 is 10.2 Å². The van der Waals surface area contributed by atoms with Crippen LogP contribution in [0.25, 0.3) is 0 Å². The van der Waals surface area contributed by atoms with Crippen LogP contribution in [0.2, 0.25) is 0 Å². The van der Waals surface area contributed by atoms with Crippen LogP contribution in [0, 0.1) is 10.1 Å². The van der Waals surface area contributed by atoms with E-state index < -0.39 is 25.9 Å². The molecule has 9 heteroatoms. The fourth-order valence-corrected chi connectivity index (χ4v) is 4.79. The maximum Gasteiger partial charge on any atom is 0.269 e. The van der Waals surface area contributed by atoms with Crippen molar-refractivity contribution in [3.63, 3.8) is 0 Å². The second-order valence-electron chi connectivity index (χ2n) is 7.30. The average molecular weight is 418 g/mol. The van der Waals surface area contributed by atoms with E-state index in [2.05, 4.69) is 17.4 Å². The Hall–Kier alpha value is -2.78. The van der Waals surface area contributed by atoms with Gasteiger partial charge in [0.1, 0.15) is 11.8 Å². The van der Waals surface area contributed by atoms with Crippen molar-refractivity contribution in [2.24, 2.45) is 0 Å². The minimum Gasteiger partial charge on any atom is -0.346 e. The molecule has 0 aliphatic carbocycles. The van der Waals surface area contributed by atoms with Crippen LogP contribution in [0.15, 0.2) is 59.5 Å². The highest BCUT2D eigenvalue weighted by Gasteiger charge is 2.34. The topological polar surface area (TPSA) is 111 Å². The number of carbonyl (C=O) groups is 1. The van der Waals surface area contributed by atoms with Crippen LogP contribution in [0.3, 0.4) is 0 Å². The van der Waals surface area contributed by atoms with Crippen LogP contribution in [0.1, 0.15) is 18.9 Å². The van der Waals surface area contributed by atoms with Gasteiger partial charge in [-0.1, -0.05) is 30.3 Å². The van der Waals surface area contributed by atoms with Crippen molar-refractivity contribution in [2.75, 3.05) is 13.1 Å². The standard InChI is InChI=1S/C20H23N3O5S/c1-15(29(27,28)19-9-7-18(8-10-19)23(25)26)20(24)21-17-11-12-22(14-17)13-16-5-3-2-4-6-16/h2-10,15,17H,11-14H2,1H3,(H,21,24)/p+1/t15-,17-/m1/s1. The number of amides is 1. The SMILES string of the molecule is C[C@H](C(=O)N[C@@H]1CC[NH+](Cc2ccccc2)C1)S(=O)(=O)c1ccc([N+](=O)[O-])cc1. The summed E-state index contributed by atoms with van der Waals surface area (Å²) in [6, 6.07) is 14.6. The van der Waals surface area contributed by atoms with Crippen LogP contribution >= 0.6 is 0 Å². The summed E-state index contributed by atoms with van der Waals surface area (Å²) in [6.45, 7) is 3.85. The molecule has 3 rings (SSSR count). The molecule has 1 unspecified atom stereocenters. The van der Waals surface area contributed by atoms with Crippen molar-refractivity contribution in [3.05, 3.63) is 70.3 Å². The zero-order valence-electron chi connectivity index (χ0n) is 16.1. The van der Waals surface area contributed by atoms with Gasteiger partial charge in [-0.3, -0.25) is 14.9 Å². The van der Waals surface area contributed by atoms with E-state index in [0.717, 1.165) is 38.2 Å². The Balaban J connectivity index is 1.59. The van der Waals surface area contributed by atoms with Crippen molar-refractivity contribution >= 4 is 21.4 Å². The maximum atomic E-state index is 12.7. The van der Waals surface area contributed by atoms with Gasteiger partial charge in [0.2, 0.25) is 5.91 Å². The highest BCUT2D eigenvalue weighted by molar-refractivity contribution is 7.92. The molecule has 1 amide bonds. The fourth-order valence-electron chi connectivity index (χ4n) is 3.52. The molecule has 2 N–H and O–H groups in total. The third kappa shape index (κ3) is 4.99. The second-order valence-corrected chi connectivity index (χ2v) is 9.57. The van der Waals surface area contributed by atoms with E-state index in [9.17, 15) is 23.3 Å². The molecule has 1 aliphatic rings. The normalized spacial score (nSPS) is 20.2. The maximum absolute atomic E-state index is 12.7. The lowest BCUT2D eigenvalue weighted by atomic mass is 10.2. The Kier molecular flexibility index (Phi) is 6.29. The van der Waals surface area contributed by atoms with Gasteiger partial charge in [-0.05, 0) is 19.1 Å². The van der Waals surface area contributed by atoms with Crippen LogP contribution in [-0.4, -0.2) is 43.6 Å². The number of nitrogens with one attached hydrogen (secondary N) is 2. The van der Waals surface area contributed by atoms with Gasteiger partial charge in [0.15, 0.2) is 9.84 Å². The number of hydrogen-bond acceptors (Lipinski definition) is 5. The lowest BCUT2D eigenvalue weighted by molar-refractivity contribution is -0.901. The first kappa shape index (κ1) is 20.9. The molecule has 1 saturated heterocycles. The summed E-state index contributed by atoms with van der Waals surface area (Å²) >= 11 is 0. The van der Waals surface area contributed by atoms with Crippen molar-refractivity contribution in [1.29, 1.82) is 0 Å². The summed E-state index contributed by atoms with van der Waals surface area (Å²) in [4.78, 5) is 23.9. The lowest BCUT2D eigenvalue weighted by Gasteiger charge is -2.17. The van der Waals surface area contributed by atoms with E-state index >= 15 is 0 Å². The number of sulfone groups is 1. The van der Waals surface area contributed by atoms with Gasteiger partial charge >= 0.3 is 0 Å². The number of nitro groups is 1. The van der Waals surface area contributed by atoms with Gasteiger partial charge < -0.3 is 10.2 Å². The van der Waals surface area contributed by atoms with E-state index in [1.54, 1.807) is 0 Å². The first-order chi connectivity index (χ1) is 13.8. The van der Waals surface area contributed by atoms with Gasteiger partial charge in [0.25, 0.3) is 5.69 Å². The average Bonchev–Trinajstić information content (AvgIpc) is 3.14. The lowest BCUT2D eigenvalue weighted by Crippen LogP contribution is -3.09. The van der Waals surface area contributed by atoms with Gasteiger partial charge in [0, 0.05) is 24.1 Å². The molecule has 0 spiro atoms. The number of nitrogens with zero attached hydrogens (tertiary/aromatic N) is 1. The zero-order valence-corrected chi connectivity index (χ0v) is 16.9. The predicted octanol–water partition coefficient (Wildman–Crippen LogP) is 0.731. The summed E-state index contributed by atoms with van der Waals surface area (Å²) in [7, 11) is -3.93. The predicted molar refractivity (Wildman–Crippen MR) is 107 cm³/mol. The van der Waals surface area contributed by atoms with Crippen molar-refractivity contribution in [3.8, 4) is 0 Å². The van der Waals surface area contributed by atoms with Crippen LogP contribution in [0.4, 0.5) is 5.69 Å². The molecular weight excluding hydrogens is 394 g/mol. The number of likely N-dealkylation sites (tertiary alicyclic amines) is 1. The number of carbonyl (C=O) groups excluding carboxylic acids is 1. The molecule has 2 aromatic carbocycles. The van der Waals surface area contributed by atoms with Gasteiger partial charge in [-0.25, -0.2) is 8.42 Å². The zero-order chi connectivity index (χ0) is 21.0. The highest BCUT2D eigenvalue weighted by atomic mass is 32.2. The Bertz CT molecular complexity index is 977. The largest absolute Gasteiger partial charge is 0.346 e. The van der Waals surface area contributed by atoms with Crippen LogP contribution in [0.5, 0.6) is 0 Å². The molecule has 0 bridgehead atoms. The summed E-state index contributed by atoms with van der Waals surface area (Å²) < 4.78 is 25.4. The van der Waals surface area contributed by atoms with Crippen LogP contribution in [-0.2, 0) is 21.2 Å². The smallest absolute Gasteiger partial charge is 0.269 e. The molecular formula is C20H24N3O5S+. The molecule has 1 aliphatic heterocycles. The number of rotatable bonds is 7. The van der Waals surface area contributed by atoms with Crippen molar-refractivity contribution < 1.29 is 23.0 Å². The van der Waals surface area contributed by atoms with E-state index in [1.165, 1.54) is 29.5 Å². The monoisotopic (exact) mass is 418 g/mol. The number of benzene rings is 2. The quantitative estimate of drug-likeness (QED) is 0.509. The third-order valence-electron chi connectivity index (χ3n) is 5.24. The van der Waals surface area contributed by atoms with E-state index in [1.807, 2.05) is 18.2 Å². The Morgan fingerprint density at radius 3 is 2.48 bits per heavy atom. The summed E-state index contributed by atoms with van der Waals surface area (Å²) in [5, 5.41) is 12.3.